The van der Waals surface area contributed by atoms with Crippen LogP contribution in [0, 0.1) is 0 Å². The zero-order valence-electron chi connectivity index (χ0n) is 10.3. The van der Waals surface area contributed by atoms with E-state index in [9.17, 15) is 8.42 Å². The van der Waals surface area contributed by atoms with Crippen molar-refractivity contribution in [3.8, 4) is 5.75 Å². The van der Waals surface area contributed by atoms with Crippen LogP contribution in [0.3, 0.4) is 0 Å². The molecule has 1 saturated heterocycles. The number of ether oxygens (including phenoxy) is 3. The van der Waals surface area contributed by atoms with Crippen molar-refractivity contribution in [1.29, 1.82) is 0 Å². The van der Waals surface area contributed by atoms with Crippen LogP contribution in [0.2, 0.25) is 0 Å². The van der Waals surface area contributed by atoms with Gasteiger partial charge in [0.05, 0.1) is 25.6 Å². The number of benzene rings is 1. The van der Waals surface area contributed by atoms with Crippen LogP contribution < -0.4 is 4.74 Å². The summed E-state index contributed by atoms with van der Waals surface area (Å²) in [5.74, 6) is 0.328. The van der Waals surface area contributed by atoms with Gasteiger partial charge in [-0.3, -0.25) is 4.55 Å². The van der Waals surface area contributed by atoms with E-state index in [4.69, 9.17) is 18.8 Å². The predicted molar refractivity (Wildman–Crippen MR) is 67.7 cm³/mol. The van der Waals surface area contributed by atoms with E-state index in [0.29, 0.717) is 6.61 Å². The molecule has 0 aliphatic carbocycles. The Labute approximate surface area is 112 Å². The zero-order chi connectivity index (χ0) is 13.7. The lowest BCUT2D eigenvalue weighted by Gasteiger charge is -2.07. The quantitative estimate of drug-likeness (QED) is 0.434. The molecule has 0 radical (unpaired) electrons. The first-order valence-corrected chi connectivity index (χ1v) is 7.50. The summed E-state index contributed by atoms with van der Waals surface area (Å²) in [4.78, 5) is 0. The molecule has 0 amide bonds. The number of hydrogen-bond donors (Lipinski definition) is 1. The summed E-state index contributed by atoms with van der Waals surface area (Å²) in [5.41, 5.74) is 0.879. The van der Waals surface area contributed by atoms with Gasteiger partial charge in [0.2, 0.25) is 0 Å². The Morgan fingerprint density at radius 1 is 1.42 bits per heavy atom. The molecule has 1 aromatic carbocycles. The summed E-state index contributed by atoms with van der Waals surface area (Å²) >= 11 is 0. The second-order valence-electron chi connectivity index (χ2n) is 4.25. The minimum Gasteiger partial charge on any atom is -0.491 e. The molecule has 7 heteroatoms. The summed E-state index contributed by atoms with van der Waals surface area (Å²) in [5, 5.41) is 0. The van der Waals surface area contributed by atoms with Crippen LogP contribution in [0.1, 0.15) is 5.56 Å². The third-order valence-corrected chi connectivity index (χ3v) is 3.17. The second kappa shape index (κ2) is 6.33. The summed E-state index contributed by atoms with van der Waals surface area (Å²) in [6.07, 6.45) is 0.203. The van der Waals surface area contributed by atoms with Gasteiger partial charge < -0.3 is 14.2 Å². The van der Waals surface area contributed by atoms with Crippen LogP contribution in [0.5, 0.6) is 5.75 Å². The van der Waals surface area contributed by atoms with E-state index in [1.54, 1.807) is 0 Å². The predicted octanol–water partition coefficient (Wildman–Crippen LogP) is 0.869. The molecule has 1 aliphatic heterocycles. The topological polar surface area (TPSA) is 85.4 Å². The Morgan fingerprint density at radius 3 is 2.89 bits per heavy atom. The molecule has 0 saturated carbocycles. The van der Waals surface area contributed by atoms with Crippen molar-refractivity contribution < 1.29 is 27.2 Å². The lowest BCUT2D eigenvalue weighted by atomic mass is 10.2. The summed E-state index contributed by atoms with van der Waals surface area (Å²) < 4.78 is 45.3. The van der Waals surface area contributed by atoms with Crippen molar-refractivity contribution in [2.75, 3.05) is 25.6 Å². The number of hydrogen-bond acceptors (Lipinski definition) is 5. The van der Waals surface area contributed by atoms with Gasteiger partial charge in [-0.05, 0) is 17.7 Å². The molecule has 6 nitrogen and oxygen atoms in total. The monoisotopic (exact) mass is 288 g/mol. The third-order valence-electron chi connectivity index (χ3n) is 2.49. The molecule has 106 valence electrons. The summed E-state index contributed by atoms with van der Waals surface area (Å²) in [7, 11) is -3.96. The molecule has 1 heterocycles. The van der Waals surface area contributed by atoms with Gasteiger partial charge in [-0.25, -0.2) is 0 Å². The van der Waals surface area contributed by atoms with E-state index in [-0.39, 0.29) is 19.3 Å². The van der Waals surface area contributed by atoms with Crippen molar-refractivity contribution in [1.82, 2.24) is 0 Å². The molecule has 0 bridgehead atoms. The van der Waals surface area contributed by atoms with E-state index >= 15 is 0 Å². The van der Waals surface area contributed by atoms with Gasteiger partial charge in [0, 0.05) is 0 Å². The Balaban J connectivity index is 1.74. The van der Waals surface area contributed by atoms with Crippen LogP contribution in [0.15, 0.2) is 24.3 Å². The average molecular weight is 288 g/mol. The highest BCUT2D eigenvalue weighted by atomic mass is 32.2. The van der Waals surface area contributed by atoms with Crippen LogP contribution in [0.4, 0.5) is 0 Å². The third kappa shape index (κ3) is 6.02. The highest BCUT2D eigenvalue weighted by Crippen LogP contribution is 2.17. The van der Waals surface area contributed by atoms with Crippen molar-refractivity contribution in [3.05, 3.63) is 29.8 Å². The van der Waals surface area contributed by atoms with Gasteiger partial charge in [-0.15, -0.1) is 0 Å². The van der Waals surface area contributed by atoms with Crippen LogP contribution in [-0.4, -0.2) is 44.6 Å². The van der Waals surface area contributed by atoms with E-state index in [2.05, 4.69) is 0 Å². The lowest BCUT2D eigenvalue weighted by Crippen LogP contribution is -2.10. The maximum Gasteiger partial charge on any atom is 0.267 e. The zero-order valence-corrected chi connectivity index (χ0v) is 11.1. The van der Waals surface area contributed by atoms with Crippen LogP contribution >= 0.6 is 0 Å². The smallest absolute Gasteiger partial charge is 0.267 e. The van der Waals surface area contributed by atoms with Gasteiger partial charge >= 0.3 is 0 Å². The van der Waals surface area contributed by atoms with Crippen molar-refractivity contribution in [2.45, 2.75) is 12.7 Å². The minimum atomic E-state index is -3.96. The Hall–Kier alpha value is -1.15. The molecular weight excluding hydrogens is 272 g/mol. The fourth-order valence-corrected chi connectivity index (χ4v) is 1.76. The highest BCUT2D eigenvalue weighted by Gasteiger charge is 2.22. The first-order valence-electron chi connectivity index (χ1n) is 5.89. The van der Waals surface area contributed by atoms with E-state index < -0.39 is 15.9 Å². The Kier molecular flexibility index (Phi) is 4.76. The Bertz CT molecular complexity index is 509. The fraction of sp³-hybridized carbons (Fsp3) is 0.500. The first-order chi connectivity index (χ1) is 9.03. The number of rotatable bonds is 8. The molecule has 1 aliphatic rings. The SMILES string of the molecule is O=S(=O)(O)CCOCc1cccc(OCC2CO2)c1. The highest BCUT2D eigenvalue weighted by molar-refractivity contribution is 7.85. The van der Waals surface area contributed by atoms with Crippen LogP contribution in [0.25, 0.3) is 0 Å². The number of epoxide rings is 1. The first kappa shape index (κ1) is 14.3. The van der Waals surface area contributed by atoms with E-state index in [1.165, 1.54) is 0 Å². The largest absolute Gasteiger partial charge is 0.491 e. The lowest BCUT2D eigenvalue weighted by molar-refractivity contribution is 0.134. The van der Waals surface area contributed by atoms with Crippen molar-refractivity contribution >= 4 is 10.1 Å². The maximum atomic E-state index is 10.5. The summed E-state index contributed by atoms with van der Waals surface area (Å²) in [6.45, 7) is 1.51. The van der Waals surface area contributed by atoms with Crippen molar-refractivity contribution in [2.24, 2.45) is 0 Å². The molecule has 2 rings (SSSR count). The minimum absolute atomic E-state index is 0.0418. The average Bonchev–Trinajstić information content (AvgIpc) is 3.16. The van der Waals surface area contributed by atoms with Crippen LogP contribution in [-0.2, 0) is 26.2 Å². The summed E-state index contributed by atoms with van der Waals surface area (Å²) in [6, 6.07) is 7.36. The molecule has 1 fully saturated rings. The van der Waals surface area contributed by atoms with E-state index in [0.717, 1.165) is 17.9 Å². The normalized spacial score (nSPS) is 18.3. The molecule has 1 unspecified atom stereocenters. The van der Waals surface area contributed by atoms with E-state index in [1.807, 2.05) is 24.3 Å². The molecular formula is C12H16O6S. The molecule has 0 spiro atoms. The van der Waals surface area contributed by atoms with Gasteiger partial charge in [-0.2, -0.15) is 8.42 Å². The molecule has 19 heavy (non-hydrogen) atoms. The molecule has 1 atom stereocenters. The van der Waals surface area contributed by atoms with Gasteiger partial charge in [-0.1, -0.05) is 12.1 Å². The van der Waals surface area contributed by atoms with Gasteiger partial charge in [0.1, 0.15) is 18.5 Å². The van der Waals surface area contributed by atoms with Gasteiger partial charge in [0.15, 0.2) is 0 Å². The maximum absolute atomic E-state index is 10.5. The van der Waals surface area contributed by atoms with Crippen molar-refractivity contribution in [3.63, 3.8) is 0 Å². The standard InChI is InChI=1S/C12H16O6S/c13-19(14,15)5-4-16-7-10-2-1-3-11(6-10)17-8-12-9-18-12/h1-3,6,12H,4-5,7-9H2,(H,13,14,15). The molecule has 1 aromatic rings. The Morgan fingerprint density at radius 2 is 2.21 bits per heavy atom. The second-order valence-corrected chi connectivity index (χ2v) is 5.82. The van der Waals surface area contributed by atoms with Gasteiger partial charge in [0.25, 0.3) is 10.1 Å². The molecule has 1 N–H and O–H groups in total. The fourth-order valence-electron chi connectivity index (χ4n) is 1.43. The molecule has 0 aromatic heterocycles.